The first-order chi connectivity index (χ1) is 15.5. The lowest BCUT2D eigenvalue weighted by Crippen LogP contribution is -2.52. The molecule has 1 N–H and O–H groups in total. The van der Waals surface area contributed by atoms with E-state index in [-0.39, 0.29) is 18.4 Å². The summed E-state index contributed by atoms with van der Waals surface area (Å²) in [4.78, 5) is 29.8. The van der Waals surface area contributed by atoms with E-state index in [0.717, 1.165) is 43.6 Å². The minimum Gasteiger partial charge on any atom is -0.495 e. The normalized spacial score (nSPS) is 17.9. The van der Waals surface area contributed by atoms with Gasteiger partial charge in [-0.1, -0.05) is 23.7 Å². The van der Waals surface area contributed by atoms with Gasteiger partial charge in [-0.15, -0.1) is 0 Å². The fourth-order valence-electron chi connectivity index (χ4n) is 4.20. The van der Waals surface area contributed by atoms with E-state index in [1.54, 1.807) is 12.1 Å². The Labute approximate surface area is 193 Å². The highest BCUT2D eigenvalue weighted by molar-refractivity contribution is 6.31. The average molecular weight is 458 g/mol. The third kappa shape index (κ3) is 4.78. The molecule has 2 aliphatic rings. The van der Waals surface area contributed by atoms with E-state index in [9.17, 15) is 9.59 Å². The molecule has 32 heavy (non-hydrogen) atoms. The van der Waals surface area contributed by atoms with Crippen LogP contribution in [0.3, 0.4) is 0 Å². The number of carbonyl (C=O) groups is 2. The number of piperidine rings is 1. The van der Waals surface area contributed by atoms with E-state index in [0.29, 0.717) is 28.8 Å². The largest absolute Gasteiger partial charge is 0.495 e. The molecule has 1 saturated heterocycles. The van der Waals surface area contributed by atoms with Crippen LogP contribution in [0.15, 0.2) is 36.4 Å². The van der Waals surface area contributed by atoms with Gasteiger partial charge in [0.1, 0.15) is 11.5 Å². The standard InChI is InChI=1S/C24H28ClN3O4/c1-16-12-18(21(31-2)13-17(16)25)26-23(29)15-28-14-22(24(30)27-10-6-3-7-11-27)32-20-9-5-4-8-19(20)28/h4-5,8-9,12-13,22H,3,6-7,10-11,14-15H2,1-2H3,(H,26,29)/t22-/m0/s1. The Bertz CT molecular complexity index is 1010. The first-order valence-electron chi connectivity index (χ1n) is 10.9. The number of carbonyl (C=O) groups excluding carboxylic acids is 2. The van der Waals surface area contributed by atoms with Gasteiger partial charge in [0, 0.05) is 24.2 Å². The van der Waals surface area contributed by atoms with E-state index in [4.69, 9.17) is 21.1 Å². The fourth-order valence-corrected chi connectivity index (χ4v) is 4.35. The summed E-state index contributed by atoms with van der Waals surface area (Å²) in [5.74, 6) is 0.877. The minimum absolute atomic E-state index is 0.0143. The molecule has 170 valence electrons. The van der Waals surface area contributed by atoms with Crippen molar-refractivity contribution in [1.29, 1.82) is 0 Å². The van der Waals surface area contributed by atoms with Crippen LogP contribution in [0, 0.1) is 6.92 Å². The van der Waals surface area contributed by atoms with Gasteiger partial charge in [0.05, 0.1) is 31.6 Å². The quantitative estimate of drug-likeness (QED) is 0.737. The Kier molecular flexibility index (Phi) is 6.74. The van der Waals surface area contributed by atoms with Gasteiger partial charge in [-0.3, -0.25) is 9.59 Å². The molecule has 2 amide bonds. The van der Waals surface area contributed by atoms with Crippen LogP contribution in [0.25, 0.3) is 0 Å². The van der Waals surface area contributed by atoms with Crippen LogP contribution in [0.5, 0.6) is 11.5 Å². The van der Waals surface area contributed by atoms with Crippen LogP contribution < -0.4 is 19.7 Å². The van der Waals surface area contributed by atoms with Crippen LogP contribution in [0.4, 0.5) is 11.4 Å². The molecular formula is C24H28ClN3O4. The molecule has 2 heterocycles. The molecule has 2 aromatic rings. The van der Waals surface area contributed by atoms with Crippen LogP contribution >= 0.6 is 11.6 Å². The third-order valence-electron chi connectivity index (χ3n) is 5.89. The van der Waals surface area contributed by atoms with E-state index in [1.807, 2.05) is 41.0 Å². The summed E-state index contributed by atoms with van der Waals surface area (Å²) in [5, 5.41) is 3.49. The summed E-state index contributed by atoms with van der Waals surface area (Å²) in [7, 11) is 1.53. The Morgan fingerprint density at radius 1 is 1.19 bits per heavy atom. The molecule has 0 bridgehead atoms. The van der Waals surface area contributed by atoms with Crippen molar-refractivity contribution in [3.63, 3.8) is 0 Å². The van der Waals surface area contributed by atoms with Gasteiger partial charge in [0.25, 0.3) is 5.91 Å². The van der Waals surface area contributed by atoms with Crippen molar-refractivity contribution in [3.8, 4) is 11.5 Å². The van der Waals surface area contributed by atoms with E-state index < -0.39 is 6.10 Å². The number of para-hydroxylation sites is 2. The number of halogens is 1. The second kappa shape index (κ2) is 9.69. The Balaban J connectivity index is 1.51. The number of hydrogen-bond acceptors (Lipinski definition) is 5. The van der Waals surface area contributed by atoms with Gasteiger partial charge in [0.15, 0.2) is 6.10 Å². The molecule has 2 aliphatic heterocycles. The zero-order valence-electron chi connectivity index (χ0n) is 18.4. The number of likely N-dealkylation sites (tertiary alicyclic amines) is 1. The molecule has 8 heteroatoms. The van der Waals surface area contributed by atoms with Crippen molar-refractivity contribution in [1.82, 2.24) is 4.90 Å². The number of amides is 2. The predicted octanol–water partition coefficient (Wildman–Crippen LogP) is 3.88. The van der Waals surface area contributed by atoms with Gasteiger partial charge in [0.2, 0.25) is 5.91 Å². The van der Waals surface area contributed by atoms with Crippen molar-refractivity contribution in [2.24, 2.45) is 0 Å². The first-order valence-corrected chi connectivity index (χ1v) is 11.3. The number of benzene rings is 2. The maximum Gasteiger partial charge on any atom is 0.265 e. The fraction of sp³-hybridized carbons (Fsp3) is 0.417. The van der Waals surface area contributed by atoms with E-state index in [2.05, 4.69) is 5.32 Å². The van der Waals surface area contributed by atoms with Gasteiger partial charge < -0.3 is 24.6 Å². The Morgan fingerprint density at radius 3 is 2.69 bits per heavy atom. The molecule has 1 fully saturated rings. The Hall–Kier alpha value is -2.93. The summed E-state index contributed by atoms with van der Waals surface area (Å²) in [6.45, 7) is 3.78. The summed E-state index contributed by atoms with van der Waals surface area (Å²) < 4.78 is 11.4. The number of rotatable bonds is 5. The molecule has 1 atom stereocenters. The van der Waals surface area contributed by atoms with Crippen LogP contribution in [0.2, 0.25) is 5.02 Å². The number of methoxy groups -OCH3 is 1. The number of hydrogen-bond donors (Lipinski definition) is 1. The molecule has 0 unspecified atom stereocenters. The minimum atomic E-state index is -0.636. The molecule has 0 aliphatic carbocycles. The molecule has 2 aromatic carbocycles. The summed E-state index contributed by atoms with van der Waals surface area (Å²) >= 11 is 6.17. The first kappa shape index (κ1) is 22.3. The third-order valence-corrected chi connectivity index (χ3v) is 6.30. The zero-order chi connectivity index (χ0) is 22.7. The topological polar surface area (TPSA) is 71.1 Å². The maximum atomic E-state index is 13.1. The van der Waals surface area contributed by atoms with Gasteiger partial charge >= 0.3 is 0 Å². The number of fused-ring (bicyclic) bond motifs is 1. The van der Waals surface area contributed by atoms with Crippen LogP contribution in [0.1, 0.15) is 24.8 Å². The highest BCUT2D eigenvalue weighted by atomic mass is 35.5. The molecule has 0 saturated carbocycles. The highest BCUT2D eigenvalue weighted by Crippen LogP contribution is 2.34. The zero-order valence-corrected chi connectivity index (χ0v) is 19.2. The molecule has 0 aromatic heterocycles. The molecule has 7 nitrogen and oxygen atoms in total. The van der Waals surface area contributed by atoms with Crippen LogP contribution in [-0.4, -0.2) is 56.1 Å². The smallest absolute Gasteiger partial charge is 0.265 e. The van der Waals surface area contributed by atoms with Crippen molar-refractivity contribution in [2.45, 2.75) is 32.3 Å². The maximum absolute atomic E-state index is 13.1. The number of aryl methyl sites for hydroxylation is 1. The van der Waals surface area contributed by atoms with E-state index in [1.165, 1.54) is 7.11 Å². The van der Waals surface area contributed by atoms with Gasteiger partial charge in [-0.25, -0.2) is 0 Å². The van der Waals surface area contributed by atoms with Gasteiger partial charge in [-0.05, 0) is 49.9 Å². The van der Waals surface area contributed by atoms with Gasteiger partial charge in [-0.2, -0.15) is 0 Å². The second-order valence-electron chi connectivity index (χ2n) is 8.19. The predicted molar refractivity (Wildman–Crippen MR) is 125 cm³/mol. The number of nitrogens with one attached hydrogen (secondary N) is 1. The summed E-state index contributed by atoms with van der Waals surface area (Å²) in [5.41, 5.74) is 2.19. The van der Waals surface area contributed by atoms with E-state index >= 15 is 0 Å². The van der Waals surface area contributed by atoms with Crippen molar-refractivity contribution in [2.75, 3.05) is 43.5 Å². The lowest BCUT2D eigenvalue weighted by atomic mass is 10.1. The van der Waals surface area contributed by atoms with Crippen molar-refractivity contribution in [3.05, 3.63) is 47.0 Å². The summed E-state index contributed by atoms with van der Waals surface area (Å²) in [6.07, 6.45) is 2.55. The molecular weight excluding hydrogens is 430 g/mol. The molecule has 0 radical (unpaired) electrons. The molecule has 0 spiro atoms. The van der Waals surface area contributed by atoms with Crippen molar-refractivity contribution < 1.29 is 19.1 Å². The van der Waals surface area contributed by atoms with Crippen molar-refractivity contribution >= 4 is 34.8 Å². The SMILES string of the molecule is COc1cc(Cl)c(C)cc1NC(=O)CN1C[C@@H](C(=O)N2CCCCC2)Oc2ccccc21. The highest BCUT2D eigenvalue weighted by Gasteiger charge is 2.34. The lowest BCUT2D eigenvalue weighted by Gasteiger charge is -2.38. The number of ether oxygens (including phenoxy) is 2. The van der Waals surface area contributed by atoms with Crippen LogP contribution in [-0.2, 0) is 9.59 Å². The Morgan fingerprint density at radius 2 is 1.94 bits per heavy atom. The summed E-state index contributed by atoms with van der Waals surface area (Å²) in [6, 6.07) is 11.0. The lowest BCUT2D eigenvalue weighted by molar-refractivity contribution is -0.139. The monoisotopic (exact) mass is 457 g/mol. The molecule has 4 rings (SSSR count). The number of nitrogens with zero attached hydrogens (tertiary/aromatic N) is 2. The number of anilines is 2. The second-order valence-corrected chi connectivity index (χ2v) is 8.60. The average Bonchev–Trinajstić information content (AvgIpc) is 2.81.